The van der Waals surface area contributed by atoms with E-state index >= 15 is 0 Å². The van der Waals surface area contributed by atoms with Gasteiger partial charge >= 0.3 is 0 Å². The van der Waals surface area contributed by atoms with Crippen molar-refractivity contribution >= 4 is 29.3 Å². The van der Waals surface area contributed by atoms with E-state index in [4.69, 9.17) is 11.6 Å². The quantitative estimate of drug-likeness (QED) is 0.534. The Morgan fingerprint density at radius 3 is 2.19 bits per heavy atom. The first-order valence-corrected chi connectivity index (χ1v) is 10.0. The fourth-order valence-electron chi connectivity index (χ4n) is 2.55. The van der Waals surface area contributed by atoms with E-state index in [0.717, 1.165) is 27.7 Å². The Hall–Kier alpha value is -2.23. The Morgan fingerprint density at radius 1 is 0.846 bits per heavy atom. The zero-order valence-corrected chi connectivity index (χ0v) is 15.9. The average Bonchev–Trinajstić information content (AvgIpc) is 2.70. The molecule has 132 valence electrons. The highest BCUT2D eigenvalue weighted by atomic mass is 35.5. The first-order valence-electron chi connectivity index (χ1n) is 8.48. The largest absolute Gasteiger partial charge is 0.351 e. The van der Waals surface area contributed by atoms with Gasteiger partial charge in [-0.1, -0.05) is 66.2 Å². The van der Waals surface area contributed by atoms with Gasteiger partial charge in [0.05, 0.1) is 0 Å². The van der Waals surface area contributed by atoms with Crippen LogP contribution in [-0.2, 0) is 5.75 Å². The zero-order chi connectivity index (χ0) is 18.2. The van der Waals surface area contributed by atoms with E-state index in [-0.39, 0.29) is 5.91 Å². The molecule has 0 aliphatic carbocycles. The van der Waals surface area contributed by atoms with Gasteiger partial charge < -0.3 is 5.32 Å². The molecule has 3 aromatic rings. The fourth-order valence-corrected chi connectivity index (χ4v) is 3.50. The summed E-state index contributed by atoms with van der Waals surface area (Å²) in [5.41, 5.74) is 4.19. The second-order valence-electron chi connectivity index (χ2n) is 5.88. The molecule has 0 aliphatic rings. The van der Waals surface area contributed by atoms with Crippen molar-refractivity contribution in [1.82, 2.24) is 5.32 Å². The van der Waals surface area contributed by atoms with E-state index in [2.05, 4.69) is 17.4 Å². The summed E-state index contributed by atoms with van der Waals surface area (Å²) in [6.07, 6.45) is 0. The molecule has 26 heavy (non-hydrogen) atoms. The van der Waals surface area contributed by atoms with Crippen LogP contribution in [0.15, 0.2) is 78.9 Å². The van der Waals surface area contributed by atoms with Gasteiger partial charge in [-0.05, 0) is 41.0 Å². The molecule has 0 aliphatic heterocycles. The maximum absolute atomic E-state index is 12.2. The molecule has 0 unspecified atom stereocenters. The van der Waals surface area contributed by atoms with Gasteiger partial charge in [0.15, 0.2) is 0 Å². The minimum atomic E-state index is -0.0308. The number of amides is 1. The number of thioether (sulfide) groups is 1. The first kappa shape index (κ1) is 18.6. The third kappa shape index (κ3) is 5.38. The van der Waals surface area contributed by atoms with Crippen molar-refractivity contribution in [2.45, 2.75) is 5.75 Å². The molecule has 4 heteroatoms. The molecule has 3 aromatic carbocycles. The van der Waals surface area contributed by atoms with Gasteiger partial charge in [-0.3, -0.25) is 4.79 Å². The van der Waals surface area contributed by atoms with E-state index in [1.807, 2.05) is 66.7 Å². The summed E-state index contributed by atoms with van der Waals surface area (Å²) in [5, 5.41) is 3.73. The van der Waals surface area contributed by atoms with Crippen LogP contribution in [0, 0.1) is 0 Å². The molecule has 3 rings (SSSR count). The molecular formula is C22H20ClNOS. The molecule has 0 aromatic heterocycles. The summed E-state index contributed by atoms with van der Waals surface area (Å²) >= 11 is 7.67. The van der Waals surface area contributed by atoms with Crippen LogP contribution in [0.4, 0.5) is 0 Å². The number of benzene rings is 3. The van der Waals surface area contributed by atoms with Crippen LogP contribution in [0.25, 0.3) is 11.1 Å². The topological polar surface area (TPSA) is 29.1 Å². The molecule has 1 N–H and O–H groups in total. The number of hydrogen-bond donors (Lipinski definition) is 1. The highest BCUT2D eigenvalue weighted by Crippen LogP contribution is 2.19. The summed E-state index contributed by atoms with van der Waals surface area (Å²) in [6, 6.07) is 25.7. The fraction of sp³-hybridized carbons (Fsp3) is 0.136. The molecule has 1 amide bonds. The van der Waals surface area contributed by atoms with Gasteiger partial charge in [0.1, 0.15) is 0 Å². The van der Waals surface area contributed by atoms with Crippen molar-refractivity contribution < 1.29 is 4.79 Å². The molecule has 0 atom stereocenters. The molecule has 0 heterocycles. The van der Waals surface area contributed by atoms with Crippen molar-refractivity contribution in [3.63, 3.8) is 0 Å². The summed E-state index contributed by atoms with van der Waals surface area (Å²) in [5.74, 6) is 1.76. The minimum absolute atomic E-state index is 0.0308. The van der Waals surface area contributed by atoms with Crippen molar-refractivity contribution in [2.24, 2.45) is 0 Å². The highest BCUT2D eigenvalue weighted by Gasteiger charge is 2.05. The summed E-state index contributed by atoms with van der Waals surface area (Å²) < 4.78 is 0. The Kier molecular flexibility index (Phi) is 6.75. The lowest BCUT2D eigenvalue weighted by molar-refractivity contribution is 0.0956. The van der Waals surface area contributed by atoms with Crippen LogP contribution in [-0.4, -0.2) is 18.2 Å². The predicted octanol–water partition coefficient (Wildman–Crippen LogP) is 5.67. The predicted molar refractivity (Wildman–Crippen MR) is 112 cm³/mol. The number of carbonyl (C=O) groups is 1. The smallest absolute Gasteiger partial charge is 0.251 e. The maximum Gasteiger partial charge on any atom is 0.251 e. The number of carbonyl (C=O) groups excluding carboxylic acids is 1. The minimum Gasteiger partial charge on any atom is -0.351 e. The highest BCUT2D eigenvalue weighted by molar-refractivity contribution is 7.98. The van der Waals surface area contributed by atoms with E-state index < -0.39 is 0 Å². The van der Waals surface area contributed by atoms with Crippen LogP contribution in [0.2, 0.25) is 5.02 Å². The molecule has 0 spiro atoms. The van der Waals surface area contributed by atoms with E-state index in [1.165, 1.54) is 5.56 Å². The van der Waals surface area contributed by atoms with E-state index in [1.54, 1.807) is 11.8 Å². The van der Waals surface area contributed by atoms with Crippen LogP contribution >= 0.6 is 23.4 Å². The Balaban J connectivity index is 1.42. The third-order valence-electron chi connectivity index (χ3n) is 3.97. The second-order valence-corrected chi connectivity index (χ2v) is 7.42. The molecule has 2 nitrogen and oxygen atoms in total. The van der Waals surface area contributed by atoms with Gasteiger partial charge in [0.2, 0.25) is 0 Å². The van der Waals surface area contributed by atoms with Crippen LogP contribution in [0.1, 0.15) is 15.9 Å². The molecule has 0 bridgehead atoms. The SMILES string of the molecule is O=C(NCCSCc1ccc(Cl)cc1)c1ccc(-c2ccccc2)cc1. The lowest BCUT2D eigenvalue weighted by atomic mass is 10.0. The molecule has 0 saturated carbocycles. The summed E-state index contributed by atoms with van der Waals surface area (Å²) in [7, 11) is 0. The molecule has 0 saturated heterocycles. The first-order chi connectivity index (χ1) is 12.7. The van der Waals surface area contributed by atoms with Crippen molar-refractivity contribution in [3.05, 3.63) is 95.0 Å². The Morgan fingerprint density at radius 2 is 1.50 bits per heavy atom. The maximum atomic E-state index is 12.2. The average molecular weight is 382 g/mol. The number of nitrogens with one attached hydrogen (secondary N) is 1. The Labute approximate surface area is 163 Å². The third-order valence-corrected chi connectivity index (χ3v) is 5.25. The number of hydrogen-bond acceptors (Lipinski definition) is 2. The van der Waals surface area contributed by atoms with Crippen molar-refractivity contribution in [1.29, 1.82) is 0 Å². The Bertz CT molecular complexity index is 832. The van der Waals surface area contributed by atoms with Crippen LogP contribution < -0.4 is 5.32 Å². The lowest BCUT2D eigenvalue weighted by Crippen LogP contribution is -2.25. The van der Waals surface area contributed by atoms with Gasteiger partial charge in [-0.2, -0.15) is 11.8 Å². The normalized spacial score (nSPS) is 10.5. The van der Waals surface area contributed by atoms with Gasteiger partial charge in [0, 0.05) is 28.6 Å². The van der Waals surface area contributed by atoms with Crippen molar-refractivity contribution in [2.75, 3.05) is 12.3 Å². The zero-order valence-electron chi connectivity index (χ0n) is 14.3. The standard InChI is InChI=1S/C22H20ClNOS/c23-21-12-6-17(7-13-21)16-26-15-14-24-22(25)20-10-8-19(9-11-20)18-4-2-1-3-5-18/h1-13H,14-16H2,(H,24,25). The van der Waals surface area contributed by atoms with Crippen LogP contribution in [0.3, 0.4) is 0 Å². The lowest BCUT2D eigenvalue weighted by Gasteiger charge is -2.07. The summed E-state index contributed by atoms with van der Waals surface area (Å²) in [6.45, 7) is 0.650. The van der Waals surface area contributed by atoms with Gasteiger partial charge in [-0.15, -0.1) is 0 Å². The molecular weight excluding hydrogens is 362 g/mol. The van der Waals surface area contributed by atoms with Crippen LogP contribution in [0.5, 0.6) is 0 Å². The van der Waals surface area contributed by atoms with E-state index in [9.17, 15) is 4.79 Å². The number of halogens is 1. The van der Waals surface area contributed by atoms with E-state index in [0.29, 0.717) is 12.1 Å². The molecule has 0 fully saturated rings. The second kappa shape index (κ2) is 9.46. The molecule has 0 radical (unpaired) electrons. The summed E-state index contributed by atoms with van der Waals surface area (Å²) in [4.78, 5) is 12.2. The number of rotatable bonds is 7. The van der Waals surface area contributed by atoms with Crippen molar-refractivity contribution in [3.8, 4) is 11.1 Å². The van der Waals surface area contributed by atoms with Gasteiger partial charge in [-0.25, -0.2) is 0 Å². The van der Waals surface area contributed by atoms with Gasteiger partial charge in [0.25, 0.3) is 5.91 Å². The monoisotopic (exact) mass is 381 g/mol.